The summed E-state index contributed by atoms with van der Waals surface area (Å²) < 4.78 is 7.50. The van der Waals surface area contributed by atoms with Gasteiger partial charge in [-0.25, -0.2) is 0 Å². The van der Waals surface area contributed by atoms with Gasteiger partial charge in [-0.3, -0.25) is 4.98 Å². The molecule has 1 aromatic carbocycles. The third-order valence-corrected chi connectivity index (χ3v) is 7.13. The van der Waals surface area contributed by atoms with Gasteiger partial charge in [-0.2, -0.15) is 0 Å². The molecule has 2 heterocycles. The highest BCUT2D eigenvalue weighted by Crippen LogP contribution is 2.49. The molecule has 1 spiro atoms. The van der Waals surface area contributed by atoms with Gasteiger partial charge in [0, 0.05) is 28.4 Å². The van der Waals surface area contributed by atoms with E-state index < -0.39 is 0 Å². The number of halogens is 1. The Balaban J connectivity index is 1.39. The summed E-state index contributed by atoms with van der Waals surface area (Å²) in [7, 11) is 0. The van der Waals surface area contributed by atoms with Crippen molar-refractivity contribution in [3.63, 3.8) is 0 Å². The Morgan fingerprint density at radius 3 is 2.71 bits per heavy atom. The number of pyridine rings is 1. The minimum absolute atomic E-state index is 0.103. The molecule has 1 unspecified atom stereocenters. The Hall–Kier alpha value is -1.23. The van der Waals surface area contributed by atoms with Crippen LogP contribution in [-0.2, 0) is 16.6 Å². The van der Waals surface area contributed by atoms with Crippen molar-refractivity contribution in [1.29, 1.82) is 0 Å². The van der Waals surface area contributed by atoms with Gasteiger partial charge in [-0.15, -0.1) is 0 Å². The Kier molecular flexibility index (Phi) is 6.49. The van der Waals surface area contributed by atoms with Crippen molar-refractivity contribution >= 4 is 15.9 Å². The molecular formula is C24H31BrN2O. The molecule has 28 heavy (non-hydrogen) atoms. The van der Waals surface area contributed by atoms with Gasteiger partial charge in [0.1, 0.15) is 0 Å². The number of nitrogens with one attached hydrogen (secondary N) is 1. The molecule has 150 valence electrons. The van der Waals surface area contributed by atoms with Crippen molar-refractivity contribution in [2.24, 2.45) is 0 Å². The van der Waals surface area contributed by atoms with E-state index in [1.165, 1.54) is 36.9 Å². The van der Waals surface area contributed by atoms with Crippen LogP contribution < -0.4 is 5.32 Å². The van der Waals surface area contributed by atoms with Gasteiger partial charge in [-0.1, -0.05) is 47.0 Å². The predicted molar refractivity (Wildman–Crippen MR) is 118 cm³/mol. The van der Waals surface area contributed by atoms with Gasteiger partial charge < -0.3 is 10.1 Å². The van der Waals surface area contributed by atoms with Crippen LogP contribution in [0.4, 0.5) is 0 Å². The van der Waals surface area contributed by atoms with Crippen LogP contribution in [0.15, 0.2) is 53.1 Å². The zero-order valence-corrected chi connectivity index (χ0v) is 18.2. The fourth-order valence-electron chi connectivity index (χ4n) is 5.17. The number of benzene rings is 1. The lowest BCUT2D eigenvalue weighted by atomic mass is 9.68. The molecule has 2 fully saturated rings. The first-order chi connectivity index (χ1) is 13.7. The minimum Gasteiger partial charge on any atom is -0.375 e. The fraction of sp³-hybridized carbons (Fsp3) is 0.542. The summed E-state index contributed by atoms with van der Waals surface area (Å²) in [6, 6.07) is 15.0. The van der Waals surface area contributed by atoms with Crippen LogP contribution in [-0.4, -0.2) is 30.3 Å². The summed E-state index contributed by atoms with van der Waals surface area (Å²) in [5, 5.41) is 3.69. The number of ether oxygens (including phenoxy) is 1. The highest BCUT2D eigenvalue weighted by Gasteiger charge is 2.48. The zero-order chi connectivity index (χ0) is 19.3. The molecule has 0 bridgehead atoms. The first kappa shape index (κ1) is 20.1. The van der Waals surface area contributed by atoms with Crippen LogP contribution in [0.3, 0.4) is 0 Å². The second kappa shape index (κ2) is 9.06. The third-order valence-electron chi connectivity index (χ3n) is 6.63. The Morgan fingerprint density at radius 1 is 1.04 bits per heavy atom. The van der Waals surface area contributed by atoms with Crippen LogP contribution >= 0.6 is 15.9 Å². The summed E-state index contributed by atoms with van der Waals surface area (Å²) in [4.78, 5) is 4.80. The van der Waals surface area contributed by atoms with E-state index in [0.717, 1.165) is 49.9 Å². The first-order valence-corrected chi connectivity index (χ1v) is 11.5. The summed E-state index contributed by atoms with van der Waals surface area (Å²) >= 11 is 3.56. The van der Waals surface area contributed by atoms with E-state index >= 15 is 0 Å². The van der Waals surface area contributed by atoms with Gasteiger partial charge in [0.05, 0.1) is 5.60 Å². The van der Waals surface area contributed by atoms with E-state index in [0.29, 0.717) is 0 Å². The van der Waals surface area contributed by atoms with E-state index in [1.54, 1.807) is 0 Å². The Morgan fingerprint density at radius 2 is 1.93 bits per heavy atom. The van der Waals surface area contributed by atoms with Crippen molar-refractivity contribution in [2.45, 2.75) is 62.4 Å². The van der Waals surface area contributed by atoms with E-state index in [1.807, 2.05) is 12.3 Å². The summed E-state index contributed by atoms with van der Waals surface area (Å²) in [6.45, 7) is 2.91. The van der Waals surface area contributed by atoms with Gasteiger partial charge >= 0.3 is 0 Å². The fourth-order valence-corrected chi connectivity index (χ4v) is 5.62. The molecule has 0 radical (unpaired) electrons. The SMILES string of the molecule is Brc1cccc(CCNCCC2(c3ccccn3)CCOC3(CCCC3)C2)c1. The standard InChI is InChI=1S/C24H31BrN2O/c25-21-7-5-6-20(18-21)9-15-26-16-12-23(22-8-1-4-14-27-22)13-17-28-24(19-23)10-2-3-11-24/h1,4-8,14,18,26H,2-3,9-13,15-17,19H2. The van der Waals surface area contributed by atoms with Crippen LogP contribution in [0.5, 0.6) is 0 Å². The highest BCUT2D eigenvalue weighted by atomic mass is 79.9. The summed E-state index contributed by atoms with van der Waals surface area (Å²) in [5.74, 6) is 0. The minimum atomic E-state index is 0.103. The molecule has 1 atom stereocenters. The molecule has 1 N–H and O–H groups in total. The highest BCUT2D eigenvalue weighted by molar-refractivity contribution is 9.10. The van der Waals surface area contributed by atoms with Crippen LogP contribution in [0.25, 0.3) is 0 Å². The normalized spacial score (nSPS) is 23.9. The number of aromatic nitrogens is 1. The lowest BCUT2D eigenvalue weighted by molar-refractivity contribution is -0.104. The van der Waals surface area contributed by atoms with Crippen molar-refractivity contribution < 1.29 is 4.74 Å². The largest absolute Gasteiger partial charge is 0.375 e. The van der Waals surface area contributed by atoms with Crippen molar-refractivity contribution in [3.05, 3.63) is 64.4 Å². The lowest BCUT2D eigenvalue weighted by Gasteiger charge is -2.46. The maximum Gasteiger partial charge on any atom is 0.0691 e. The number of rotatable bonds is 7. The molecule has 1 saturated carbocycles. The molecule has 2 aromatic rings. The number of hydrogen-bond acceptors (Lipinski definition) is 3. The third kappa shape index (κ3) is 4.67. The quantitative estimate of drug-likeness (QED) is 0.580. The molecule has 1 saturated heterocycles. The Labute approximate surface area is 177 Å². The van der Waals surface area contributed by atoms with Gasteiger partial charge in [-0.05, 0) is 81.4 Å². The van der Waals surface area contributed by atoms with Crippen molar-refractivity contribution in [2.75, 3.05) is 19.7 Å². The van der Waals surface area contributed by atoms with Gasteiger partial charge in [0.15, 0.2) is 0 Å². The molecule has 4 heteroatoms. The number of hydrogen-bond donors (Lipinski definition) is 1. The van der Waals surface area contributed by atoms with E-state index in [4.69, 9.17) is 9.72 Å². The predicted octanol–water partition coefficient (Wildman–Crippen LogP) is 5.43. The molecule has 4 rings (SSSR count). The molecule has 1 aromatic heterocycles. The van der Waals surface area contributed by atoms with E-state index in [2.05, 4.69) is 57.6 Å². The van der Waals surface area contributed by atoms with Gasteiger partial charge in [0.2, 0.25) is 0 Å². The van der Waals surface area contributed by atoms with E-state index in [9.17, 15) is 0 Å². The molecular weight excluding hydrogens is 412 g/mol. The van der Waals surface area contributed by atoms with Crippen molar-refractivity contribution in [3.8, 4) is 0 Å². The average molecular weight is 443 g/mol. The van der Waals surface area contributed by atoms with Crippen molar-refractivity contribution in [1.82, 2.24) is 10.3 Å². The Bertz CT molecular complexity index is 760. The molecule has 0 amide bonds. The zero-order valence-electron chi connectivity index (χ0n) is 16.6. The monoisotopic (exact) mass is 442 g/mol. The second-order valence-electron chi connectivity index (χ2n) is 8.54. The topological polar surface area (TPSA) is 34.2 Å². The summed E-state index contributed by atoms with van der Waals surface area (Å²) in [5.41, 5.74) is 2.88. The average Bonchev–Trinajstić information content (AvgIpc) is 3.16. The number of nitrogens with zero attached hydrogens (tertiary/aromatic N) is 1. The summed E-state index contributed by atoms with van der Waals surface area (Å²) in [6.07, 6.45) is 11.4. The van der Waals surface area contributed by atoms with Crippen LogP contribution in [0.1, 0.15) is 56.2 Å². The first-order valence-electron chi connectivity index (χ1n) is 10.7. The van der Waals surface area contributed by atoms with Crippen LogP contribution in [0.2, 0.25) is 0 Å². The van der Waals surface area contributed by atoms with Gasteiger partial charge in [0.25, 0.3) is 0 Å². The molecule has 2 aliphatic rings. The smallest absolute Gasteiger partial charge is 0.0691 e. The second-order valence-corrected chi connectivity index (χ2v) is 9.46. The lowest BCUT2D eigenvalue weighted by Crippen LogP contribution is -2.47. The molecule has 3 nitrogen and oxygen atoms in total. The van der Waals surface area contributed by atoms with E-state index in [-0.39, 0.29) is 11.0 Å². The van der Waals surface area contributed by atoms with Crippen LogP contribution in [0, 0.1) is 0 Å². The maximum absolute atomic E-state index is 6.35. The maximum atomic E-state index is 6.35. The molecule has 1 aliphatic carbocycles. The molecule has 1 aliphatic heterocycles.